The van der Waals surface area contributed by atoms with Crippen molar-refractivity contribution in [1.29, 1.82) is 0 Å². The summed E-state index contributed by atoms with van der Waals surface area (Å²) in [4.78, 5) is 12.3. The number of anilines is 1. The van der Waals surface area contributed by atoms with Crippen molar-refractivity contribution < 1.29 is 0 Å². The fraction of sp³-hybridized carbons (Fsp3) is 0.467. The molecule has 1 saturated carbocycles. The van der Waals surface area contributed by atoms with Gasteiger partial charge in [0.15, 0.2) is 0 Å². The van der Waals surface area contributed by atoms with Crippen LogP contribution >= 0.6 is 11.3 Å². The van der Waals surface area contributed by atoms with E-state index in [9.17, 15) is 0 Å². The molecule has 0 saturated heterocycles. The Labute approximate surface area is 123 Å². The fourth-order valence-electron chi connectivity index (χ4n) is 2.07. The van der Waals surface area contributed by atoms with Crippen LogP contribution in [0.15, 0.2) is 23.8 Å². The third kappa shape index (κ3) is 3.35. The first-order chi connectivity index (χ1) is 9.72. The minimum Gasteiger partial charge on any atom is -0.354 e. The lowest BCUT2D eigenvalue weighted by Gasteiger charge is -2.17. The molecule has 0 atom stereocenters. The number of pyridine rings is 1. The van der Waals surface area contributed by atoms with Crippen molar-refractivity contribution in [2.45, 2.75) is 38.9 Å². The van der Waals surface area contributed by atoms with Gasteiger partial charge in [0.2, 0.25) is 0 Å². The van der Waals surface area contributed by atoms with Gasteiger partial charge in [-0.25, -0.2) is 9.97 Å². The molecule has 0 spiro atoms. The number of hydrogen-bond acceptors (Lipinski definition) is 5. The Morgan fingerprint density at radius 1 is 1.35 bits per heavy atom. The molecule has 1 fully saturated rings. The highest BCUT2D eigenvalue weighted by Crippen LogP contribution is 2.20. The highest BCUT2D eigenvalue weighted by atomic mass is 32.1. The Balaban J connectivity index is 1.59. The molecule has 3 rings (SSSR count). The van der Waals surface area contributed by atoms with Gasteiger partial charge in [0, 0.05) is 30.7 Å². The topological polar surface area (TPSA) is 41.1 Å². The van der Waals surface area contributed by atoms with Crippen LogP contribution in [0.3, 0.4) is 0 Å². The Morgan fingerprint density at radius 2 is 2.20 bits per heavy atom. The summed E-state index contributed by atoms with van der Waals surface area (Å²) in [5.41, 5.74) is 4.27. The van der Waals surface area contributed by atoms with Crippen molar-refractivity contribution >= 4 is 17.2 Å². The lowest BCUT2D eigenvalue weighted by molar-refractivity contribution is 0.685. The summed E-state index contributed by atoms with van der Waals surface area (Å²) in [5, 5.41) is 3.51. The fourth-order valence-corrected chi connectivity index (χ4v) is 2.90. The monoisotopic (exact) mass is 288 g/mol. The number of aromatic nitrogens is 2. The largest absolute Gasteiger partial charge is 0.354 e. The van der Waals surface area contributed by atoms with Gasteiger partial charge >= 0.3 is 0 Å². The zero-order chi connectivity index (χ0) is 13.9. The van der Waals surface area contributed by atoms with E-state index in [1.807, 2.05) is 11.7 Å². The second-order valence-corrected chi connectivity index (χ2v) is 6.34. The van der Waals surface area contributed by atoms with Crippen LogP contribution in [0.5, 0.6) is 0 Å². The number of thiazole rings is 1. The molecular weight excluding hydrogens is 268 g/mol. The van der Waals surface area contributed by atoms with Gasteiger partial charge in [-0.15, -0.1) is 11.3 Å². The molecular formula is C15H20N4S. The molecule has 0 amide bonds. The van der Waals surface area contributed by atoms with E-state index in [1.165, 1.54) is 23.3 Å². The molecule has 20 heavy (non-hydrogen) atoms. The Kier molecular flexibility index (Phi) is 3.98. The Bertz CT molecular complexity index is 560. The summed E-state index contributed by atoms with van der Waals surface area (Å²) < 4.78 is 0. The van der Waals surface area contributed by atoms with E-state index in [-0.39, 0.29) is 0 Å². The molecule has 0 radical (unpaired) electrons. The maximum atomic E-state index is 4.56. The number of nitrogens with zero attached hydrogens (tertiary/aromatic N) is 3. The molecule has 1 N–H and O–H groups in total. The van der Waals surface area contributed by atoms with Gasteiger partial charge in [-0.3, -0.25) is 0 Å². The highest BCUT2D eigenvalue weighted by Gasteiger charge is 2.19. The summed E-state index contributed by atoms with van der Waals surface area (Å²) in [5.74, 6) is 1.01. The SMILES string of the molecule is Cc1ncsc1CN(C)c1ccc(CNC2CC2)cn1. The van der Waals surface area contributed by atoms with Crippen LogP contribution in [0.25, 0.3) is 0 Å². The summed E-state index contributed by atoms with van der Waals surface area (Å²) >= 11 is 1.70. The van der Waals surface area contributed by atoms with Crippen LogP contribution in [0.2, 0.25) is 0 Å². The predicted octanol–water partition coefficient (Wildman–Crippen LogP) is 2.73. The van der Waals surface area contributed by atoms with Crippen LogP contribution in [-0.4, -0.2) is 23.1 Å². The van der Waals surface area contributed by atoms with Crippen LogP contribution in [0, 0.1) is 6.92 Å². The van der Waals surface area contributed by atoms with Crippen LogP contribution in [0.1, 0.15) is 29.0 Å². The summed E-state index contributed by atoms with van der Waals surface area (Å²) in [6.07, 6.45) is 4.62. The van der Waals surface area contributed by atoms with E-state index in [0.717, 1.165) is 30.6 Å². The molecule has 0 bridgehead atoms. The van der Waals surface area contributed by atoms with E-state index >= 15 is 0 Å². The zero-order valence-electron chi connectivity index (χ0n) is 12.0. The molecule has 5 heteroatoms. The average molecular weight is 288 g/mol. The van der Waals surface area contributed by atoms with Crippen molar-refractivity contribution in [3.63, 3.8) is 0 Å². The lowest BCUT2D eigenvalue weighted by atomic mass is 10.2. The molecule has 0 aromatic carbocycles. The summed E-state index contributed by atoms with van der Waals surface area (Å²) in [6.45, 7) is 3.85. The van der Waals surface area contributed by atoms with E-state index in [0.29, 0.717) is 0 Å². The normalized spacial score (nSPS) is 14.5. The average Bonchev–Trinajstić information content (AvgIpc) is 3.21. The van der Waals surface area contributed by atoms with Gasteiger partial charge in [-0.05, 0) is 31.4 Å². The standard InChI is InChI=1S/C15H20N4S/c1-11-14(20-10-18-11)9-19(2)15-6-3-12(8-17-15)7-16-13-4-5-13/h3,6,8,10,13,16H,4-5,7,9H2,1-2H3. The molecule has 1 aliphatic carbocycles. The number of rotatable bonds is 6. The van der Waals surface area contributed by atoms with E-state index in [4.69, 9.17) is 0 Å². The first-order valence-electron chi connectivity index (χ1n) is 7.01. The van der Waals surface area contributed by atoms with Crippen molar-refractivity contribution in [1.82, 2.24) is 15.3 Å². The molecule has 2 heterocycles. The molecule has 4 nitrogen and oxygen atoms in total. The highest BCUT2D eigenvalue weighted by molar-refractivity contribution is 7.09. The van der Waals surface area contributed by atoms with E-state index in [2.05, 4.69) is 46.3 Å². The molecule has 1 aliphatic rings. The van der Waals surface area contributed by atoms with Gasteiger partial charge in [0.25, 0.3) is 0 Å². The molecule has 2 aromatic heterocycles. The number of hydrogen-bond donors (Lipinski definition) is 1. The third-order valence-corrected chi connectivity index (χ3v) is 4.52. The van der Waals surface area contributed by atoms with Crippen molar-refractivity contribution in [3.8, 4) is 0 Å². The second kappa shape index (κ2) is 5.89. The third-order valence-electron chi connectivity index (χ3n) is 3.60. The van der Waals surface area contributed by atoms with Crippen LogP contribution < -0.4 is 10.2 Å². The summed E-state index contributed by atoms with van der Waals surface area (Å²) in [6, 6.07) is 5.00. The van der Waals surface area contributed by atoms with Gasteiger partial charge in [0.1, 0.15) is 5.82 Å². The van der Waals surface area contributed by atoms with E-state index in [1.54, 1.807) is 11.3 Å². The maximum Gasteiger partial charge on any atom is 0.128 e. The van der Waals surface area contributed by atoms with Gasteiger partial charge in [-0.1, -0.05) is 6.07 Å². The van der Waals surface area contributed by atoms with Gasteiger partial charge < -0.3 is 10.2 Å². The first-order valence-corrected chi connectivity index (χ1v) is 7.89. The molecule has 106 valence electrons. The van der Waals surface area contributed by atoms with Gasteiger partial charge in [-0.2, -0.15) is 0 Å². The molecule has 0 aliphatic heterocycles. The summed E-state index contributed by atoms with van der Waals surface area (Å²) in [7, 11) is 2.07. The molecule has 2 aromatic rings. The second-order valence-electron chi connectivity index (χ2n) is 5.40. The minimum atomic E-state index is 0.742. The lowest BCUT2D eigenvalue weighted by Crippen LogP contribution is -2.18. The zero-order valence-corrected chi connectivity index (χ0v) is 12.8. The van der Waals surface area contributed by atoms with Crippen molar-refractivity contribution in [3.05, 3.63) is 40.0 Å². The molecule has 0 unspecified atom stereocenters. The van der Waals surface area contributed by atoms with Crippen LogP contribution in [-0.2, 0) is 13.1 Å². The Hall–Kier alpha value is -1.46. The van der Waals surface area contributed by atoms with Crippen LogP contribution in [0.4, 0.5) is 5.82 Å². The quantitative estimate of drug-likeness (QED) is 0.887. The number of aryl methyl sites for hydroxylation is 1. The predicted molar refractivity (Wildman–Crippen MR) is 83.1 cm³/mol. The minimum absolute atomic E-state index is 0.742. The smallest absolute Gasteiger partial charge is 0.128 e. The number of nitrogens with one attached hydrogen (secondary N) is 1. The van der Waals surface area contributed by atoms with Gasteiger partial charge in [0.05, 0.1) is 17.7 Å². The van der Waals surface area contributed by atoms with Crippen molar-refractivity contribution in [2.75, 3.05) is 11.9 Å². The first kappa shape index (κ1) is 13.5. The Morgan fingerprint density at radius 3 is 2.80 bits per heavy atom. The van der Waals surface area contributed by atoms with E-state index < -0.39 is 0 Å². The maximum absolute atomic E-state index is 4.56. The van der Waals surface area contributed by atoms with Crippen molar-refractivity contribution in [2.24, 2.45) is 0 Å².